The van der Waals surface area contributed by atoms with Gasteiger partial charge in [0.2, 0.25) is 0 Å². The Morgan fingerprint density at radius 3 is 0.884 bits per heavy atom. The van der Waals surface area contributed by atoms with Crippen LogP contribution < -0.4 is 0 Å². The molecule has 0 aliphatic rings. The minimum absolute atomic E-state index is 0.0901. The molecule has 0 bridgehead atoms. The molecule has 0 amide bonds. The van der Waals surface area contributed by atoms with Crippen molar-refractivity contribution >= 4 is 17.9 Å². The molecule has 0 aromatic rings. The first-order valence-corrected chi connectivity index (χ1v) is 29.4. The van der Waals surface area contributed by atoms with Gasteiger partial charge in [-0.1, -0.05) is 273 Å². The number of carbonyl (C=O) groups is 3. The van der Waals surface area contributed by atoms with Gasteiger partial charge in [-0.2, -0.15) is 0 Å². The fraction of sp³-hybridized carbons (Fsp3) is 0.762. The predicted molar refractivity (Wildman–Crippen MR) is 298 cm³/mol. The summed E-state index contributed by atoms with van der Waals surface area (Å²) in [6, 6.07) is 0. The highest BCUT2D eigenvalue weighted by atomic mass is 16.6. The molecule has 0 aliphatic carbocycles. The van der Waals surface area contributed by atoms with E-state index >= 15 is 0 Å². The lowest BCUT2D eigenvalue weighted by Crippen LogP contribution is -2.30. The van der Waals surface area contributed by atoms with Crippen molar-refractivity contribution in [3.63, 3.8) is 0 Å². The van der Waals surface area contributed by atoms with Gasteiger partial charge >= 0.3 is 17.9 Å². The zero-order valence-corrected chi connectivity index (χ0v) is 45.6. The molecule has 0 aromatic heterocycles. The van der Waals surface area contributed by atoms with Gasteiger partial charge in [0, 0.05) is 19.3 Å². The molecule has 0 spiro atoms. The lowest BCUT2D eigenvalue weighted by Gasteiger charge is -2.18. The predicted octanol–water partition coefficient (Wildman–Crippen LogP) is 19.8. The van der Waals surface area contributed by atoms with Crippen molar-refractivity contribution in [3.8, 4) is 0 Å². The van der Waals surface area contributed by atoms with Crippen molar-refractivity contribution in [1.29, 1.82) is 0 Å². The first kappa shape index (κ1) is 65.8. The molecule has 69 heavy (non-hydrogen) atoms. The fourth-order valence-corrected chi connectivity index (χ4v) is 8.33. The van der Waals surface area contributed by atoms with E-state index in [2.05, 4.69) is 93.7 Å². The molecule has 6 heteroatoms. The summed E-state index contributed by atoms with van der Waals surface area (Å²) in [5.41, 5.74) is 0. The summed E-state index contributed by atoms with van der Waals surface area (Å²) in [6.07, 6.45) is 73.6. The molecule has 0 saturated carbocycles. The second kappa shape index (κ2) is 57.4. The Balaban J connectivity index is 4.23. The first-order chi connectivity index (χ1) is 34.0. The topological polar surface area (TPSA) is 78.9 Å². The third-order valence-electron chi connectivity index (χ3n) is 12.7. The zero-order valence-electron chi connectivity index (χ0n) is 45.6. The van der Waals surface area contributed by atoms with Crippen LogP contribution in [0.3, 0.4) is 0 Å². The monoisotopic (exact) mass is 963 g/mol. The maximum Gasteiger partial charge on any atom is 0.306 e. The zero-order chi connectivity index (χ0) is 50.0. The van der Waals surface area contributed by atoms with Crippen LogP contribution in [-0.4, -0.2) is 37.2 Å². The number of hydrogen-bond acceptors (Lipinski definition) is 6. The van der Waals surface area contributed by atoms with Gasteiger partial charge in [-0.05, 0) is 70.6 Å². The highest BCUT2D eigenvalue weighted by Crippen LogP contribution is 2.17. The van der Waals surface area contributed by atoms with E-state index in [1.807, 2.05) is 0 Å². The highest BCUT2D eigenvalue weighted by molar-refractivity contribution is 5.71. The first-order valence-electron chi connectivity index (χ1n) is 29.4. The molecule has 398 valence electrons. The summed E-state index contributed by atoms with van der Waals surface area (Å²) in [6.45, 7) is 6.47. The minimum Gasteiger partial charge on any atom is -0.462 e. The Kier molecular flexibility index (Phi) is 54.8. The molecule has 0 fully saturated rings. The summed E-state index contributed by atoms with van der Waals surface area (Å²) in [7, 11) is 0. The Labute approximate surface area is 427 Å². The van der Waals surface area contributed by atoms with Crippen molar-refractivity contribution in [2.75, 3.05) is 13.2 Å². The molecule has 0 N–H and O–H groups in total. The third-order valence-corrected chi connectivity index (χ3v) is 12.7. The summed E-state index contributed by atoms with van der Waals surface area (Å²) in [5, 5.41) is 0. The van der Waals surface area contributed by atoms with Crippen LogP contribution in [0, 0.1) is 0 Å². The van der Waals surface area contributed by atoms with Gasteiger partial charge in [-0.3, -0.25) is 14.4 Å². The summed E-state index contributed by atoms with van der Waals surface area (Å²) >= 11 is 0. The average molecular weight is 964 g/mol. The number of unbranched alkanes of at least 4 members (excludes halogenated alkanes) is 30. The molecule has 0 heterocycles. The van der Waals surface area contributed by atoms with E-state index < -0.39 is 6.10 Å². The van der Waals surface area contributed by atoms with E-state index in [1.54, 1.807) is 0 Å². The van der Waals surface area contributed by atoms with Gasteiger partial charge in [0.05, 0.1) is 0 Å². The van der Waals surface area contributed by atoms with Crippen LogP contribution in [0.15, 0.2) is 72.9 Å². The molecular formula is C63H110O6. The van der Waals surface area contributed by atoms with Crippen LogP contribution in [0.1, 0.15) is 290 Å². The van der Waals surface area contributed by atoms with Crippen LogP contribution in [0.2, 0.25) is 0 Å². The van der Waals surface area contributed by atoms with Gasteiger partial charge in [-0.25, -0.2) is 0 Å². The van der Waals surface area contributed by atoms with Gasteiger partial charge in [0.25, 0.3) is 0 Å². The molecule has 0 aliphatic heterocycles. The van der Waals surface area contributed by atoms with Gasteiger partial charge < -0.3 is 14.2 Å². The molecule has 6 nitrogen and oxygen atoms in total. The SMILES string of the molecule is CC/C=C\C/C=C\C/C=C\C/C=C\C/C=C\C/C=C\CCCCC(=O)OC(COC(=O)CCCCCCCCC)COC(=O)CCCCCCCCCCCCCCCCCCCCCCCCC. The van der Waals surface area contributed by atoms with Crippen LogP contribution >= 0.6 is 0 Å². The number of carbonyl (C=O) groups excluding carboxylic acids is 3. The maximum absolute atomic E-state index is 12.8. The molecule has 0 aromatic carbocycles. The Morgan fingerprint density at radius 1 is 0.304 bits per heavy atom. The quantitative estimate of drug-likeness (QED) is 0.0262. The van der Waals surface area contributed by atoms with E-state index in [4.69, 9.17) is 14.2 Å². The smallest absolute Gasteiger partial charge is 0.306 e. The third kappa shape index (κ3) is 55.6. The van der Waals surface area contributed by atoms with E-state index in [1.165, 1.54) is 154 Å². The van der Waals surface area contributed by atoms with E-state index in [-0.39, 0.29) is 37.5 Å². The van der Waals surface area contributed by atoms with E-state index in [0.717, 1.165) is 89.9 Å². The van der Waals surface area contributed by atoms with Crippen LogP contribution in [0.25, 0.3) is 0 Å². The second-order valence-corrected chi connectivity index (χ2v) is 19.5. The number of hydrogen-bond donors (Lipinski definition) is 0. The highest BCUT2D eigenvalue weighted by Gasteiger charge is 2.19. The van der Waals surface area contributed by atoms with Crippen molar-refractivity contribution < 1.29 is 28.6 Å². The van der Waals surface area contributed by atoms with Crippen molar-refractivity contribution in [1.82, 2.24) is 0 Å². The van der Waals surface area contributed by atoms with Gasteiger partial charge in [0.15, 0.2) is 6.10 Å². The van der Waals surface area contributed by atoms with Crippen LogP contribution in [0.5, 0.6) is 0 Å². The summed E-state index contributed by atoms with van der Waals surface area (Å²) in [5.74, 6) is -0.931. The second-order valence-electron chi connectivity index (χ2n) is 19.5. The molecule has 1 atom stereocenters. The molecule has 1 unspecified atom stereocenters. The van der Waals surface area contributed by atoms with Crippen molar-refractivity contribution in [2.45, 2.75) is 297 Å². The molecule has 0 rings (SSSR count). The number of rotatable bonds is 53. The molecule has 0 saturated heterocycles. The van der Waals surface area contributed by atoms with E-state index in [0.29, 0.717) is 19.3 Å². The largest absolute Gasteiger partial charge is 0.462 e. The lowest BCUT2D eigenvalue weighted by molar-refractivity contribution is -0.167. The summed E-state index contributed by atoms with van der Waals surface area (Å²) in [4.78, 5) is 38.0. The molecule has 0 radical (unpaired) electrons. The molecular weight excluding hydrogens is 853 g/mol. The lowest BCUT2D eigenvalue weighted by atomic mass is 10.0. The standard InChI is InChI=1S/C63H110O6/c1-4-7-10-13-16-18-20-22-24-26-28-30-31-33-34-36-38-40-42-44-47-50-53-56-62(65)68-59-60(58-67-61(64)55-52-49-46-15-12-9-6-3)69-63(66)57-54-51-48-45-43-41-39-37-35-32-29-27-25-23-21-19-17-14-11-8-5-2/h8,11,17,19,23,25,29,32,37,39,43,45,60H,4-7,9-10,12-16,18,20-22,24,26-28,30-31,33-36,38,40-42,44,46-59H2,1-3H3/b11-8-,19-17-,25-23-,32-29-,39-37-,45-43-. The minimum atomic E-state index is -0.794. The summed E-state index contributed by atoms with van der Waals surface area (Å²) < 4.78 is 16.8. The number of ether oxygens (including phenoxy) is 3. The number of esters is 3. The van der Waals surface area contributed by atoms with Gasteiger partial charge in [0.1, 0.15) is 13.2 Å². The normalized spacial score (nSPS) is 12.6. The Hall–Kier alpha value is -3.15. The van der Waals surface area contributed by atoms with Crippen LogP contribution in [0.4, 0.5) is 0 Å². The number of allylic oxidation sites excluding steroid dienone is 12. The Morgan fingerprint density at radius 2 is 0.565 bits per heavy atom. The maximum atomic E-state index is 12.8. The van der Waals surface area contributed by atoms with E-state index in [9.17, 15) is 14.4 Å². The van der Waals surface area contributed by atoms with Crippen LogP contribution in [-0.2, 0) is 28.6 Å². The van der Waals surface area contributed by atoms with Gasteiger partial charge in [-0.15, -0.1) is 0 Å². The Bertz CT molecular complexity index is 1290. The van der Waals surface area contributed by atoms with Crippen molar-refractivity contribution in [2.24, 2.45) is 0 Å². The van der Waals surface area contributed by atoms with Crippen molar-refractivity contribution in [3.05, 3.63) is 72.9 Å². The fourth-order valence-electron chi connectivity index (χ4n) is 8.33. The average Bonchev–Trinajstić information content (AvgIpc) is 3.35.